The molecular formula is C43H47ClF5N5O7S. The van der Waals surface area contributed by atoms with E-state index in [1.54, 1.807) is 41.5 Å². The fourth-order valence-electron chi connectivity index (χ4n) is 6.02. The van der Waals surface area contributed by atoms with Crippen LogP contribution in [0, 0.1) is 29.1 Å². The van der Waals surface area contributed by atoms with Gasteiger partial charge in [0.15, 0.2) is 28.2 Å². The molecule has 3 aromatic carbocycles. The average molecular weight is 908 g/mol. The molecule has 1 aliphatic carbocycles. The minimum atomic E-state index is -5.70. The maximum Gasteiger partial charge on any atom is 0.427 e. The molecule has 0 atom stereocenters. The fraction of sp³-hybridized carbons (Fsp3) is 0.419. The summed E-state index contributed by atoms with van der Waals surface area (Å²) in [7, 11) is -5.70. The fourth-order valence-corrected chi connectivity index (χ4v) is 7.63. The molecule has 19 heteroatoms. The first-order valence-electron chi connectivity index (χ1n) is 19.4. The molecule has 0 N–H and O–H groups in total. The summed E-state index contributed by atoms with van der Waals surface area (Å²) >= 11 is 6.01. The van der Waals surface area contributed by atoms with Gasteiger partial charge >= 0.3 is 12.2 Å². The number of carbonyl (C=O) groups is 3. The molecule has 1 aliphatic rings. The summed E-state index contributed by atoms with van der Waals surface area (Å²) in [5.41, 5.74) is 0.00537. The number of benzene rings is 3. The molecule has 1 aromatic heterocycles. The number of aromatic nitrogens is 2. The lowest BCUT2D eigenvalue weighted by atomic mass is 9.84. The van der Waals surface area contributed by atoms with Crippen molar-refractivity contribution in [3.8, 4) is 0 Å². The predicted octanol–water partition coefficient (Wildman–Crippen LogP) is 10.1. The van der Waals surface area contributed by atoms with Crippen LogP contribution in [0.2, 0.25) is 5.02 Å². The molecule has 0 unspecified atom stereocenters. The van der Waals surface area contributed by atoms with Crippen molar-refractivity contribution in [2.75, 3.05) is 16.3 Å². The van der Waals surface area contributed by atoms with Crippen LogP contribution in [0.25, 0.3) is 0 Å². The van der Waals surface area contributed by atoms with E-state index in [1.165, 1.54) is 24.3 Å². The molecule has 1 fully saturated rings. The Morgan fingerprint density at radius 2 is 1.23 bits per heavy atom. The smallest absolute Gasteiger partial charge is 0.427 e. The molecular weight excluding hydrogens is 861 g/mol. The van der Waals surface area contributed by atoms with E-state index in [0.29, 0.717) is 10.5 Å². The molecule has 0 bridgehead atoms. The third-order valence-electron chi connectivity index (χ3n) is 9.21. The standard InChI is InChI=1S/C43H47ClF5N5O7S/c1-41(2,3)28-17-25(16-27(18-28)26-12-13-26)22-53(30-19-50-38(51-20-30)54(39(56)60-42(4,5)6)40(57)61-43(7,8)9)31(55)23-52(21-24-10-14-29(44)15-11-24)62(58,59)37-35(48)33(46)32(45)34(47)36(37)49/h10-11,14-20,26H,12-13,21-23H2,1-9H3. The lowest BCUT2D eigenvalue weighted by Gasteiger charge is -2.29. The van der Waals surface area contributed by atoms with Crippen molar-refractivity contribution in [1.82, 2.24) is 14.3 Å². The van der Waals surface area contributed by atoms with Crippen molar-refractivity contribution < 1.29 is 54.2 Å². The van der Waals surface area contributed by atoms with Crippen LogP contribution in [0.1, 0.15) is 103 Å². The first kappa shape index (κ1) is 47.8. The molecule has 3 amide bonds. The summed E-state index contributed by atoms with van der Waals surface area (Å²) in [4.78, 5) is 49.1. The van der Waals surface area contributed by atoms with E-state index >= 15 is 8.78 Å². The number of imide groups is 1. The highest BCUT2D eigenvalue weighted by Crippen LogP contribution is 2.42. The Morgan fingerprint density at radius 1 is 0.726 bits per heavy atom. The first-order valence-corrected chi connectivity index (χ1v) is 21.2. The van der Waals surface area contributed by atoms with Gasteiger partial charge in [-0.05, 0) is 100 Å². The van der Waals surface area contributed by atoms with Crippen molar-refractivity contribution in [1.29, 1.82) is 0 Å². The Balaban J connectivity index is 1.65. The Morgan fingerprint density at radius 3 is 1.69 bits per heavy atom. The molecule has 0 aliphatic heterocycles. The largest absolute Gasteiger partial charge is 0.443 e. The van der Waals surface area contributed by atoms with Crippen LogP contribution in [-0.2, 0) is 42.8 Å². The minimum absolute atomic E-state index is 0.110. The molecule has 5 rings (SSSR count). The van der Waals surface area contributed by atoms with E-state index in [-0.39, 0.29) is 38.5 Å². The Kier molecular flexibility index (Phi) is 13.8. The molecule has 1 saturated carbocycles. The molecule has 334 valence electrons. The van der Waals surface area contributed by atoms with Gasteiger partial charge in [-0.3, -0.25) is 4.79 Å². The van der Waals surface area contributed by atoms with Crippen molar-refractivity contribution in [2.24, 2.45) is 0 Å². The number of sulfonamides is 1. The van der Waals surface area contributed by atoms with Gasteiger partial charge in [0.25, 0.3) is 0 Å². The molecule has 0 spiro atoms. The van der Waals surface area contributed by atoms with Crippen LogP contribution in [-0.4, -0.2) is 58.5 Å². The number of nitrogens with zero attached hydrogens (tertiary/aromatic N) is 5. The zero-order valence-electron chi connectivity index (χ0n) is 35.6. The van der Waals surface area contributed by atoms with Gasteiger partial charge in [0.2, 0.25) is 27.7 Å². The van der Waals surface area contributed by atoms with Crippen LogP contribution >= 0.6 is 11.6 Å². The highest BCUT2D eigenvalue weighted by molar-refractivity contribution is 7.89. The number of hydrogen-bond acceptors (Lipinski definition) is 9. The van der Waals surface area contributed by atoms with Crippen LogP contribution < -0.4 is 9.80 Å². The molecule has 12 nitrogen and oxygen atoms in total. The van der Waals surface area contributed by atoms with Gasteiger partial charge < -0.3 is 14.4 Å². The summed E-state index contributed by atoms with van der Waals surface area (Å²) in [5, 5.41) is 0.230. The summed E-state index contributed by atoms with van der Waals surface area (Å²) in [6, 6.07) is 11.2. The van der Waals surface area contributed by atoms with Gasteiger partial charge in [-0.2, -0.15) is 4.31 Å². The maximum absolute atomic E-state index is 15.2. The number of rotatable bonds is 11. The maximum atomic E-state index is 15.2. The van der Waals surface area contributed by atoms with Crippen LogP contribution in [0.15, 0.2) is 59.8 Å². The monoisotopic (exact) mass is 907 g/mol. The third-order valence-corrected chi connectivity index (χ3v) is 11.3. The van der Waals surface area contributed by atoms with Crippen LogP contribution in [0.4, 0.5) is 43.2 Å². The SMILES string of the molecule is CC(C)(C)OC(=O)N(C(=O)OC(C)(C)C)c1ncc(N(Cc2cc(C3CC3)cc(C(C)(C)C)c2)C(=O)CN(Cc2ccc(Cl)cc2)S(=O)(=O)c2c(F)c(F)c(F)c(F)c2F)cn1. The van der Waals surface area contributed by atoms with Gasteiger partial charge in [0.05, 0.1) is 31.2 Å². The number of amides is 3. The number of ether oxygens (including phenoxy) is 2. The highest BCUT2D eigenvalue weighted by atomic mass is 35.5. The predicted molar refractivity (Wildman–Crippen MR) is 221 cm³/mol. The Hall–Kier alpha value is -5.20. The summed E-state index contributed by atoms with van der Waals surface area (Å²) in [6.45, 7) is 13.1. The molecule has 1 heterocycles. The van der Waals surface area contributed by atoms with Gasteiger partial charge in [0.1, 0.15) is 11.2 Å². The summed E-state index contributed by atoms with van der Waals surface area (Å²) in [6.07, 6.45) is 1.64. The normalized spacial score (nSPS) is 13.5. The zero-order chi connectivity index (χ0) is 46.3. The van der Waals surface area contributed by atoms with Gasteiger partial charge in [-0.15, -0.1) is 4.90 Å². The van der Waals surface area contributed by atoms with Crippen molar-refractivity contribution in [3.63, 3.8) is 0 Å². The van der Waals surface area contributed by atoms with Crippen LogP contribution in [0.3, 0.4) is 0 Å². The zero-order valence-corrected chi connectivity index (χ0v) is 37.2. The van der Waals surface area contributed by atoms with Gasteiger partial charge in [0, 0.05) is 11.6 Å². The lowest BCUT2D eigenvalue weighted by Crippen LogP contribution is -2.45. The number of halogens is 6. The Labute approximate surface area is 362 Å². The van der Waals surface area contributed by atoms with Gasteiger partial charge in [-0.1, -0.05) is 62.7 Å². The minimum Gasteiger partial charge on any atom is -0.443 e. The van der Waals surface area contributed by atoms with E-state index in [4.69, 9.17) is 21.1 Å². The third kappa shape index (κ3) is 11.4. The summed E-state index contributed by atoms with van der Waals surface area (Å²) < 4.78 is 113. The quantitative estimate of drug-likeness (QED) is 0.0817. The van der Waals surface area contributed by atoms with Crippen LogP contribution in [0.5, 0.6) is 0 Å². The van der Waals surface area contributed by atoms with E-state index in [2.05, 4.69) is 16.0 Å². The molecule has 0 radical (unpaired) electrons. The average Bonchev–Trinajstić information content (AvgIpc) is 4.00. The second kappa shape index (κ2) is 17.9. The van der Waals surface area contributed by atoms with E-state index < -0.39 is 92.3 Å². The van der Waals surface area contributed by atoms with E-state index in [1.807, 2.05) is 32.9 Å². The topological polar surface area (TPSA) is 139 Å². The van der Waals surface area contributed by atoms with Gasteiger partial charge in [-0.25, -0.2) is 49.9 Å². The highest BCUT2D eigenvalue weighted by Gasteiger charge is 2.40. The summed E-state index contributed by atoms with van der Waals surface area (Å²) in [5.74, 6) is -14.2. The number of carbonyl (C=O) groups excluding carboxylic acids is 3. The van der Waals surface area contributed by atoms with Crippen molar-refractivity contribution >= 4 is 51.4 Å². The lowest BCUT2D eigenvalue weighted by molar-refractivity contribution is -0.119. The van der Waals surface area contributed by atoms with Crippen molar-refractivity contribution in [2.45, 2.75) is 116 Å². The number of anilines is 2. The molecule has 62 heavy (non-hydrogen) atoms. The van der Waals surface area contributed by atoms with E-state index in [9.17, 15) is 36.0 Å². The Bertz CT molecular complexity index is 2410. The van der Waals surface area contributed by atoms with Crippen molar-refractivity contribution in [3.05, 3.63) is 111 Å². The first-order chi connectivity index (χ1) is 28.6. The second-order valence-electron chi connectivity index (χ2n) is 17.8. The molecule has 4 aromatic rings. The number of hydrogen-bond donors (Lipinski definition) is 0. The van der Waals surface area contributed by atoms with E-state index in [0.717, 1.165) is 41.3 Å². The molecule has 0 saturated heterocycles. The second-order valence-corrected chi connectivity index (χ2v) is 20.1.